The molecule has 0 aliphatic heterocycles. The fourth-order valence-electron chi connectivity index (χ4n) is 1.57. The van der Waals surface area contributed by atoms with Gasteiger partial charge >= 0.3 is 0 Å². The normalized spacial score (nSPS) is 10.7. The van der Waals surface area contributed by atoms with E-state index < -0.39 is 0 Å². The van der Waals surface area contributed by atoms with Crippen molar-refractivity contribution in [2.45, 2.75) is 6.92 Å². The first-order chi connectivity index (χ1) is 9.60. The molecule has 0 aliphatic carbocycles. The Hall–Kier alpha value is -2.41. The van der Waals surface area contributed by atoms with Gasteiger partial charge in [-0.15, -0.1) is 0 Å². The standard InChI is InChI=1S/C13H14N4O2S/c1-8-11(20-13(14)16-8)12(18)17-15-7-9-4-3-5-10(6-9)19-2/h3-7H,1-2H3,(H2,14,16)(H,17,18)/b15-7+. The second-order valence-corrected chi connectivity index (χ2v) is 4.97. The van der Waals surface area contributed by atoms with E-state index >= 15 is 0 Å². The van der Waals surface area contributed by atoms with Crippen molar-refractivity contribution in [1.29, 1.82) is 0 Å². The number of carbonyl (C=O) groups is 1. The number of hydrazone groups is 1. The average molecular weight is 290 g/mol. The van der Waals surface area contributed by atoms with Gasteiger partial charge in [-0.2, -0.15) is 5.10 Å². The van der Waals surface area contributed by atoms with Crippen LogP contribution in [0.2, 0.25) is 0 Å². The number of carbonyl (C=O) groups excluding carboxylic acids is 1. The van der Waals surface area contributed by atoms with Gasteiger partial charge in [0.15, 0.2) is 5.13 Å². The van der Waals surface area contributed by atoms with Crippen LogP contribution in [-0.2, 0) is 0 Å². The molecule has 0 fully saturated rings. The summed E-state index contributed by atoms with van der Waals surface area (Å²) in [5.41, 5.74) is 9.41. The van der Waals surface area contributed by atoms with Gasteiger partial charge in [0.2, 0.25) is 0 Å². The Morgan fingerprint density at radius 1 is 1.55 bits per heavy atom. The van der Waals surface area contributed by atoms with E-state index in [9.17, 15) is 4.79 Å². The zero-order chi connectivity index (χ0) is 14.5. The van der Waals surface area contributed by atoms with E-state index in [2.05, 4.69) is 15.5 Å². The molecule has 7 heteroatoms. The lowest BCUT2D eigenvalue weighted by Gasteiger charge is -2.00. The number of hydrogen-bond donors (Lipinski definition) is 2. The van der Waals surface area contributed by atoms with E-state index in [4.69, 9.17) is 10.5 Å². The van der Waals surface area contributed by atoms with Crippen LogP contribution in [0.15, 0.2) is 29.4 Å². The number of nitrogen functional groups attached to an aromatic ring is 1. The largest absolute Gasteiger partial charge is 0.497 e. The molecule has 0 bridgehead atoms. The first-order valence-electron chi connectivity index (χ1n) is 5.80. The summed E-state index contributed by atoms with van der Waals surface area (Å²) < 4.78 is 5.10. The molecule has 20 heavy (non-hydrogen) atoms. The predicted molar refractivity (Wildman–Crippen MR) is 79.3 cm³/mol. The lowest BCUT2D eigenvalue weighted by atomic mass is 10.2. The van der Waals surface area contributed by atoms with Gasteiger partial charge in [0.1, 0.15) is 10.6 Å². The molecular formula is C13H14N4O2S. The van der Waals surface area contributed by atoms with Crippen molar-refractivity contribution in [2.75, 3.05) is 12.8 Å². The maximum absolute atomic E-state index is 11.9. The van der Waals surface area contributed by atoms with Crippen LogP contribution in [-0.4, -0.2) is 24.2 Å². The number of methoxy groups -OCH3 is 1. The number of amides is 1. The molecule has 1 aromatic heterocycles. The number of aryl methyl sites for hydroxylation is 1. The van der Waals surface area contributed by atoms with Crippen molar-refractivity contribution in [3.63, 3.8) is 0 Å². The van der Waals surface area contributed by atoms with Crippen molar-refractivity contribution in [1.82, 2.24) is 10.4 Å². The van der Waals surface area contributed by atoms with E-state index in [0.29, 0.717) is 15.7 Å². The van der Waals surface area contributed by atoms with Crippen LogP contribution in [0.5, 0.6) is 5.75 Å². The van der Waals surface area contributed by atoms with E-state index in [0.717, 1.165) is 22.6 Å². The Bertz CT molecular complexity index is 652. The van der Waals surface area contributed by atoms with Crippen LogP contribution in [0.25, 0.3) is 0 Å². The van der Waals surface area contributed by atoms with Crippen molar-refractivity contribution in [2.24, 2.45) is 5.10 Å². The molecule has 0 saturated heterocycles. The highest BCUT2D eigenvalue weighted by Gasteiger charge is 2.13. The topological polar surface area (TPSA) is 89.6 Å². The van der Waals surface area contributed by atoms with Crippen molar-refractivity contribution in [3.05, 3.63) is 40.4 Å². The molecule has 0 aliphatic rings. The maximum atomic E-state index is 11.9. The summed E-state index contributed by atoms with van der Waals surface area (Å²) in [6, 6.07) is 7.34. The molecule has 1 amide bonds. The lowest BCUT2D eigenvalue weighted by molar-refractivity contribution is 0.0958. The summed E-state index contributed by atoms with van der Waals surface area (Å²) in [5.74, 6) is 0.405. The molecule has 0 atom stereocenters. The zero-order valence-corrected chi connectivity index (χ0v) is 11.9. The van der Waals surface area contributed by atoms with E-state index in [1.165, 1.54) is 0 Å². The minimum atomic E-state index is -0.323. The van der Waals surface area contributed by atoms with Crippen molar-refractivity contribution in [3.8, 4) is 5.75 Å². The number of aromatic nitrogens is 1. The minimum absolute atomic E-state index is 0.323. The number of nitrogens with two attached hydrogens (primary N) is 1. The van der Waals surface area contributed by atoms with Gasteiger partial charge in [-0.05, 0) is 24.6 Å². The average Bonchev–Trinajstić information content (AvgIpc) is 2.78. The highest BCUT2D eigenvalue weighted by molar-refractivity contribution is 7.17. The van der Waals surface area contributed by atoms with Crippen LogP contribution in [0.1, 0.15) is 20.9 Å². The molecule has 3 N–H and O–H groups in total. The second-order valence-electron chi connectivity index (χ2n) is 3.94. The van der Waals surface area contributed by atoms with Crippen LogP contribution >= 0.6 is 11.3 Å². The van der Waals surface area contributed by atoms with Crippen molar-refractivity contribution >= 4 is 28.6 Å². The lowest BCUT2D eigenvalue weighted by Crippen LogP contribution is -2.17. The number of hydrogen-bond acceptors (Lipinski definition) is 6. The van der Waals surface area contributed by atoms with E-state index in [-0.39, 0.29) is 5.91 Å². The van der Waals surface area contributed by atoms with Gasteiger partial charge in [-0.1, -0.05) is 23.5 Å². The summed E-state index contributed by atoms with van der Waals surface area (Å²) in [7, 11) is 1.59. The summed E-state index contributed by atoms with van der Waals surface area (Å²) in [5, 5.41) is 4.27. The Morgan fingerprint density at radius 3 is 3.00 bits per heavy atom. The summed E-state index contributed by atoms with van der Waals surface area (Å²) in [4.78, 5) is 16.3. The van der Waals surface area contributed by atoms with Crippen molar-refractivity contribution < 1.29 is 9.53 Å². The quantitative estimate of drug-likeness (QED) is 0.663. The fourth-order valence-corrected chi connectivity index (χ4v) is 2.29. The summed E-state index contributed by atoms with van der Waals surface area (Å²) in [6.07, 6.45) is 1.54. The molecular weight excluding hydrogens is 276 g/mol. The number of ether oxygens (including phenoxy) is 1. The van der Waals surface area contributed by atoms with Gasteiger partial charge in [0.05, 0.1) is 19.0 Å². The van der Waals surface area contributed by atoms with Crippen LogP contribution in [0, 0.1) is 6.92 Å². The Balaban J connectivity index is 2.02. The van der Waals surface area contributed by atoms with Gasteiger partial charge in [-0.25, -0.2) is 10.4 Å². The highest BCUT2D eigenvalue weighted by Crippen LogP contribution is 2.19. The number of anilines is 1. The minimum Gasteiger partial charge on any atom is -0.497 e. The number of nitrogens with one attached hydrogen (secondary N) is 1. The van der Waals surface area contributed by atoms with Gasteiger partial charge in [-0.3, -0.25) is 4.79 Å². The molecule has 1 aromatic carbocycles. The molecule has 0 spiro atoms. The third-order valence-electron chi connectivity index (χ3n) is 2.49. The van der Waals surface area contributed by atoms with Gasteiger partial charge in [0.25, 0.3) is 5.91 Å². The molecule has 0 radical (unpaired) electrons. The molecule has 104 valence electrons. The maximum Gasteiger partial charge on any atom is 0.283 e. The Morgan fingerprint density at radius 2 is 2.35 bits per heavy atom. The summed E-state index contributed by atoms with van der Waals surface area (Å²) >= 11 is 1.14. The first kappa shape index (κ1) is 14.0. The third-order valence-corrected chi connectivity index (χ3v) is 3.48. The van der Waals surface area contributed by atoms with E-state index in [1.807, 2.05) is 24.3 Å². The molecule has 2 aromatic rings. The first-order valence-corrected chi connectivity index (χ1v) is 6.62. The van der Waals surface area contributed by atoms with Gasteiger partial charge < -0.3 is 10.5 Å². The fraction of sp³-hybridized carbons (Fsp3) is 0.154. The van der Waals surface area contributed by atoms with Crippen LogP contribution in [0.4, 0.5) is 5.13 Å². The Labute approximate surface area is 120 Å². The molecule has 1 heterocycles. The number of rotatable bonds is 4. The van der Waals surface area contributed by atoms with Crippen LogP contribution < -0.4 is 15.9 Å². The number of benzene rings is 1. The predicted octanol–water partition coefficient (Wildman–Crippen LogP) is 1.81. The Kier molecular flexibility index (Phi) is 4.31. The molecule has 0 saturated carbocycles. The molecule has 2 rings (SSSR count). The molecule has 0 unspecified atom stereocenters. The monoisotopic (exact) mass is 290 g/mol. The summed E-state index contributed by atoms with van der Waals surface area (Å²) in [6.45, 7) is 1.73. The SMILES string of the molecule is COc1cccc(/C=N/NC(=O)c2sc(N)nc2C)c1. The second kappa shape index (κ2) is 6.16. The number of thiazole rings is 1. The van der Waals surface area contributed by atoms with Crippen LogP contribution in [0.3, 0.4) is 0 Å². The van der Waals surface area contributed by atoms with Gasteiger partial charge in [0, 0.05) is 0 Å². The third kappa shape index (κ3) is 3.33. The smallest absolute Gasteiger partial charge is 0.283 e. The number of nitrogens with zero attached hydrogens (tertiary/aromatic N) is 2. The zero-order valence-electron chi connectivity index (χ0n) is 11.1. The van der Waals surface area contributed by atoms with E-state index in [1.54, 1.807) is 20.2 Å². The molecule has 6 nitrogen and oxygen atoms in total. The highest BCUT2D eigenvalue weighted by atomic mass is 32.1.